The number of nitrogens with one attached hydrogen (secondary N) is 1. The summed E-state index contributed by atoms with van der Waals surface area (Å²) in [6, 6.07) is 14.6. The van der Waals surface area contributed by atoms with Crippen LogP contribution in [-0.2, 0) is 13.0 Å². The molecule has 2 heterocycles. The van der Waals surface area contributed by atoms with E-state index in [1.807, 2.05) is 22.8 Å². The third kappa shape index (κ3) is 3.77. The van der Waals surface area contributed by atoms with Crippen LogP contribution in [0.1, 0.15) is 5.56 Å². The highest BCUT2D eigenvalue weighted by Crippen LogP contribution is 2.34. The van der Waals surface area contributed by atoms with Gasteiger partial charge < -0.3 is 15.5 Å². The Hall–Kier alpha value is -3.13. The number of anilines is 1. The highest BCUT2D eigenvalue weighted by atomic mass is 32.2. The summed E-state index contributed by atoms with van der Waals surface area (Å²) < 4.78 is 20.9. The molecule has 142 valence electrons. The normalized spacial score (nSPS) is 11.1. The SMILES string of the molecule is COc1ccc(F)cc1Sc1nc2c([nH]1)c(N)nc[n+]2CCc1ccccc1. The summed E-state index contributed by atoms with van der Waals surface area (Å²) in [5, 5.41) is 0.590. The molecule has 4 aromatic rings. The minimum atomic E-state index is -0.335. The number of H-pyrrole nitrogens is 1. The van der Waals surface area contributed by atoms with Gasteiger partial charge in [-0.15, -0.1) is 0 Å². The van der Waals surface area contributed by atoms with Gasteiger partial charge in [0.2, 0.25) is 17.3 Å². The number of imidazole rings is 1. The number of halogens is 1. The van der Waals surface area contributed by atoms with Gasteiger partial charge in [-0.3, -0.25) is 0 Å². The molecular formula is C20H19FN5OS+. The largest absolute Gasteiger partial charge is 0.496 e. The van der Waals surface area contributed by atoms with Crippen LogP contribution in [0.5, 0.6) is 5.75 Å². The van der Waals surface area contributed by atoms with E-state index in [-0.39, 0.29) is 5.82 Å². The molecule has 0 radical (unpaired) electrons. The van der Waals surface area contributed by atoms with Gasteiger partial charge in [0, 0.05) is 6.42 Å². The predicted molar refractivity (Wildman–Crippen MR) is 106 cm³/mol. The molecule has 4 rings (SSSR count). The van der Waals surface area contributed by atoms with Crippen molar-refractivity contribution in [2.45, 2.75) is 23.0 Å². The van der Waals surface area contributed by atoms with E-state index < -0.39 is 0 Å². The maximum atomic E-state index is 13.6. The molecule has 0 unspecified atom stereocenters. The summed E-state index contributed by atoms with van der Waals surface area (Å²) in [4.78, 5) is 12.7. The van der Waals surface area contributed by atoms with Gasteiger partial charge in [-0.05, 0) is 35.5 Å². The van der Waals surface area contributed by atoms with Crippen LogP contribution in [0.3, 0.4) is 0 Å². The Bertz CT molecular complexity index is 1120. The van der Waals surface area contributed by atoms with E-state index in [9.17, 15) is 4.39 Å². The second-order valence-corrected chi connectivity index (χ2v) is 7.23. The van der Waals surface area contributed by atoms with Crippen LogP contribution in [0.4, 0.5) is 10.2 Å². The number of ether oxygens (including phenoxy) is 1. The quantitative estimate of drug-likeness (QED) is 0.489. The third-order valence-corrected chi connectivity index (χ3v) is 5.27. The van der Waals surface area contributed by atoms with Crippen molar-refractivity contribution in [1.29, 1.82) is 0 Å². The number of nitrogen functional groups attached to an aromatic ring is 1. The molecule has 0 atom stereocenters. The lowest BCUT2D eigenvalue weighted by Crippen LogP contribution is -2.36. The van der Waals surface area contributed by atoms with E-state index in [1.165, 1.54) is 29.5 Å². The molecule has 2 aromatic heterocycles. The van der Waals surface area contributed by atoms with Crippen molar-refractivity contribution in [2.24, 2.45) is 0 Å². The summed E-state index contributed by atoms with van der Waals surface area (Å²) in [7, 11) is 1.55. The summed E-state index contributed by atoms with van der Waals surface area (Å²) >= 11 is 1.28. The van der Waals surface area contributed by atoms with Gasteiger partial charge in [-0.2, -0.15) is 0 Å². The zero-order valence-electron chi connectivity index (χ0n) is 15.2. The first-order valence-corrected chi connectivity index (χ1v) is 9.54. The molecule has 0 fully saturated rings. The Morgan fingerprint density at radius 1 is 1.21 bits per heavy atom. The minimum Gasteiger partial charge on any atom is -0.496 e. The fourth-order valence-corrected chi connectivity index (χ4v) is 3.84. The van der Waals surface area contributed by atoms with Crippen LogP contribution in [-0.4, -0.2) is 22.1 Å². The van der Waals surface area contributed by atoms with E-state index in [1.54, 1.807) is 19.5 Å². The lowest BCUT2D eigenvalue weighted by atomic mass is 10.1. The van der Waals surface area contributed by atoms with Crippen molar-refractivity contribution in [1.82, 2.24) is 15.0 Å². The first-order chi connectivity index (χ1) is 13.6. The molecule has 28 heavy (non-hydrogen) atoms. The summed E-state index contributed by atoms with van der Waals surface area (Å²) in [6.45, 7) is 0.714. The monoisotopic (exact) mass is 396 g/mol. The van der Waals surface area contributed by atoms with Gasteiger partial charge in [0.1, 0.15) is 11.6 Å². The van der Waals surface area contributed by atoms with E-state index in [4.69, 9.17) is 10.5 Å². The van der Waals surface area contributed by atoms with E-state index in [2.05, 4.69) is 27.1 Å². The summed E-state index contributed by atoms with van der Waals surface area (Å²) in [5.41, 5.74) is 8.63. The van der Waals surface area contributed by atoms with Gasteiger partial charge in [0.15, 0.2) is 5.52 Å². The van der Waals surface area contributed by atoms with Crippen LogP contribution >= 0.6 is 11.8 Å². The zero-order valence-corrected chi connectivity index (χ0v) is 16.0. The first kappa shape index (κ1) is 18.2. The van der Waals surface area contributed by atoms with Crippen molar-refractivity contribution in [2.75, 3.05) is 12.8 Å². The Balaban J connectivity index is 1.65. The van der Waals surface area contributed by atoms with Gasteiger partial charge >= 0.3 is 0 Å². The number of benzene rings is 2. The highest BCUT2D eigenvalue weighted by Gasteiger charge is 2.20. The molecule has 0 bridgehead atoms. The summed E-state index contributed by atoms with van der Waals surface area (Å²) in [5.74, 6) is 0.616. The molecule has 0 aliphatic rings. The second kappa shape index (κ2) is 7.85. The molecule has 8 heteroatoms. The molecule has 0 saturated heterocycles. The number of fused-ring (bicyclic) bond motifs is 1. The Morgan fingerprint density at radius 3 is 2.82 bits per heavy atom. The van der Waals surface area contributed by atoms with Crippen molar-refractivity contribution in [3.05, 3.63) is 66.2 Å². The number of methoxy groups -OCH3 is 1. The molecular weight excluding hydrogens is 377 g/mol. The third-order valence-electron chi connectivity index (χ3n) is 4.34. The second-order valence-electron chi connectivity index (χ2n) is 6.20. The van der Waals surface area contributed by atoms with Gasteiger partial charge in [0.05, 0.1) is 18.6 Å². The fourth-order valence-electron chi connectivity index (χ4n) is 2.92. The lowest BCUT2D eigenvalue weighted by molar-refractivity contribution is -0.675. The van der Waals surface area contributed by atoms with Gasteiger partial charge in [-0.25, -0.2) is 8.96 Å². The van der Waals surface area contributed by atoms with Crippen LogP contribution in [0, 0.1) is 5.82 Å². The first-order valence-electron chi connectivity index (χ1n) is 8.73. The minimum absolute atomic E-state index is 0.335. The van der Waals surface area contributed by atoms with Crippen LogP contribution < -0.4 is 15.0 Å². The van der Waals surface area contributed by atoms with E-state index in [0.29, 0.717) is 39.3 Å². The molecule has 0 aliphatic heterocycles. The average Bonchev–Trinajstić information content (AvgIpc) is 3.13. The number of nitrogens with two attached hydrogens (primary N) is 1. The van der Waals surface area contributed by atoms with Gasteiger partial charge in [0.25, 0.3) is 5.65 Å². The number of rotatable bonds is 6. The van der Waals surface area contributed by atoms with Crippen molar-refractivity contribution in [3.8, 4) is 5.75 Å². The van der Waals surface area contributed by atoms with Gasteiger partial charge in [-0.1, -0.05) is 40.3 Å². The molecule has 3 N–H and O–H groups in total. The Morgan fingerprint density at radius 2 is 2.04 bits per heavy atom. The van der Waals surface area contributed by atoms with Crippen molar-refractivity contribution < 1.29 is 13.7 Å². The van der Waals surface area contributed by atoms with Crippen LogP contribution in [0.15, 0.2) is 64.9 Å². The lowest BCUT2D eigenvalue weighted by Gasteiger charge is -2.05. The predicted octanol–water partition coefficient (Wildman–Crippen LogP) is 3.37. The number of nitrogens with zero attached hydrogens (tertiary/aromatic N) is 3. The Kier molecular flexibility index (Phi) is 5.12. The van der Waals surface area contributed by atoms with Crippen molar-refractivity contribution >= 4 is 28.7 Å². The van der Waals surface area contributed by atoms with E-state index in [0.717, 1.165) is 6.42 Å². The number of hydrogen-bond donors (Lipinski definition) is 2. The average molecular weight is 396 g/mol. The van der Waals surface area contributed by atoms with Crippen LogP contribution in [0.25, 0.3) is 11.2 Å². The van der Waals surface area contributed by atoms with E-state index >= 15 is 0 Å². The van der Waals surface area contributed by atoms with Crippen LogP contribution in [0.2, 0.25) is 0 Å². The maximum absolute atomic E-state index is 13.6. The molecule has 0 amide bonds. The summed E-state index contributed by atoms with van der Waals surface area (Å²) in [6.07, 6.45) is 2.54. The zero-order chi connectivity index (χ0) is 19.5. The molecule has 0 spiro atoms. The topological polar surface area (TPSA) is 80.7 Å². The number of aromatic nitrogens is 4. The number of aromatic amines is 1. The number of hydrogen-bond acceptors (Lipinski definition) is 5. The highest BCUT2D eigenvalue weighted by molar-refractivity contribution is 7.99. The maximum Gasteiger partial charge on any atom is 0.294 e. The number of aryl methyl sites for hydroxylation is 2. The molecule has 0 saturated carbocycles. The standard InChI is InChI=1S/C20H18FN5OS/c1-27-15-8-7-14(21)11-16(15)28-20-24-17-18(22)23-12-26(19(17)25-20)10-9-13-5-3-2-4-6-13/h2-8,11-12H,9-10H2,1H3,(H2,22,24,25)/p+1. The molecule has 2 aromatic carbocycles. The molecule has 0 aliphatic carbocycles. The smallest absolute Gasteiger partial charge is 0.294 e. The Labute approximate surface area is 165 Å². The molecule has 6 nitrogen and oxygen atoms in total. The fraction of sp³-hybridized carbons (Fsp3) is 0.150. The van der Waals surface area contributed by atoms with Crippen molar-refractivity contribution in [3.63, 3.8) is 0 Å².